The number of benzene rings is 1. The molecule has 0 bridgehead atoms. The van der Waals surface area contributed by atoms with E-state index in [1.165, 1.54) is 5.56 Å². The van der Waals surface area contributed by atoms with E-state index in [0.29, 0.717) is 6.04 Å². The van der Waals surface area contributed by atoms with E-state index in [-0.39, 0.29) is 0 Å². The first-order valence-electron chi connectivity index (χ1n) is 5.14. The number of rotatable bonds is 6. The number of thioether (sulfide) groups is 1. The standard InChI is InChI=1S/C12H19NOS/c1-10(13-8-9-15-3)11-4-6-12(14-2)7-5-11/h4-7,10,13H,8-9H2,1-3H3. The number of nitrogens with one attached hydrogen (secondary N) is 1. The monoisotopic (exact) mass is 225 g/mol. The van der Waals surface area contributed by atoms with E-state index in [0.717, 1.165) is 18.0 Å². The lowest BCUT2D eigenvalue weighted by molar-refractivity contribution is 0.414. The average molecular weight is 225 g/mol. The van der Waals surface area contributed by atoms with Gasteiger partial charge < -0.3 is 10.1 Å². The van der Waals surface area contributed by atoms with Crippen LogP contribution in [-0.2, 0) is 0 Å². The van der Waals surface area contributed by atoms with Gasteiger partial charge in [0.25, 0.3) is 0 Å². The molecule has 0 radical (unpaired) electrons. The molecule has 0 saturated carbocycles. The van der Waals surface area contributed by atoms with Gasteiger partial charge >= 0.3 is 0 Å². The van der Waals surface area contributed by atoms with Crippen molar-refractivity contribution in [2.45, 2.75) is 13.0 Å². The molecule has 1 N–H and O–H groups in total. The second-order valence-electron chi connectivity index (χ2n) is 3.44. The number of ether oxygens (including phenoxy) is 1. The number of hydrogen-bond acceptors (Lipinski definition) is 3. The van der Waals surface area contributed by atoms with Crippen LogP contribution in [0, 0.1) is 0 Å². The van der Waals surface area contributed by atoms with Crippen molar-refractivity contribution in [1.82, 2.24) is 5.32 Å². The second-order valence-corrected chi connectivity index (χ2v) is 4.43. The van der Waals surface area contributed by atoms with Crippen LogP contribution in [0.2, 0.25) is 0 Å². The van der Waals surface area contributed by atoms with Crippen LogP contribution < -0.4 is 10.1 Å². The van der Waals surface area contributed by atoms with Gasteiger partial charge in [0, 0.05) is 18.3 Å². The van der Waals surface area contributed by atoms with E-state index in [9.17, 15) is 0 Å². The van der Waals surface area contributed by atoms with Crippen LogP contribution in [0.1, 0.15) is 18.5 Å². The topological polar surface area (TPSA) is 21.3 Å². The van der Waals surface area contributed by atoms with Gasteiger partial charge in [0.05, 0.1) is 7.11 Å². The molecule has 0 aromatic heterocycles. The number of methoxy groups -OCH3 is 1. The second kappa shape index (κ2) is 6.75. The van der Waals surface area contributed by atoms with Crippen molar-refractivity contribution in [3.63, 3.8) is 0 Å². The van der Waals surface area contributed by atoms with E-state index in [4.69, 9.17) is 4.74 Å². The molecule has 1 unspecified atom stereocenters. The van der Waals surface area contributed by atoms with Gasteiger partial charge in [-0.25, -0.2) is 0 Å². The Hall–Kier alpha value is -0.670. The Kier molecular flexibility index (Phi) is 5.58. The summed E-state index contributed by atoms with van der Waals surface area (Å²) in [6, 6.07) is 8.62. The maximum absolute atomic E-state index is 5.12. The van der Waals surface area contributed by atoms with Gasteiger partial charge in [-0.05, 0) is 30.9 Å². The van der Waals surface area contributed by atoms with Crippen molar-refractivity contribution in [3.8, 4) is 5.75 Å². The van der Waals surface area contributed by atoms with Gasteiger partial charge in [-0.1, -0.05) is 12.1 Å². The molecule has 0 aliphatic rings. The van der Waals surface area contributed by atoms with Crippen molar-refractivity contribution in [2.75, 3.05) is 25.7 Å². The molecule has 0 aliphatic carbocycles. The molecule has 0 spiro atoms. The Balaban J connectivity index is 2.46. The molecule has 0 amide bonds. The van der Waals surface area contributed by atoms with Gasteiger partial charge in [-0.3, -0.25) is 0 Å². The molecule has 0 aliphatic heterocycles. The van der Waals surface area contributed by atoms with E-state index < -0.39 is 0 Å². The zero-order valence-electron chi connectivity index (χ0n) is 9.62. The summed E-state index contributed by atoms with van der Waals surface area (Å²) in [7, 11) is 1.69. The lowest BCUT2D eigenvalue weighted by Gasteiger charge is -2.14. The minimum absolute atomic E-state index is 0.406. The summed E-state index contributed by atoms with van der Waals surface area (Å²) in [6.45, 7) is 3.23. The van der Waals surface area contributed by atoms with E-state index in [2.05, 4.69) is 30.6 Å². The molecule has 15 heavy (non-hydrogen) atoms. The lowest BCUT2D eigenvalue weighted by atomic mass is 10.1. The maximum Gasteiger partial charge on any atom is 0.118 e. The normalized spacial score (nSPS) is 12.5. The summed E-state index contributed by atoms with van der Waals surface area (Å²) in [5, 5.41) is 3.48. The third-order valence-corrected chi connectivity index (χ3v) is 2.98. The Bertz CT molecular complexity index is 273. The van der Waals surface area contributed by atoms with Crippen molar-refractivity contribution in [3.05, 3.63) is 29.8 Å². The minimum atomic E-state index is 0.406. The van der Waals surface area contributed by atoms with Crippen molar-refractivity contribution in [2.24, 2.45) is 0 Å². The van der Waals surface area contributed by atoms with Crippen LogP contribution in [-0.4, -0.2) is 25.7 Å². The Morgan fingerprint density at radius 2 is 2.00 bits per heavy atom. The van der Waals surface area contributed by atoms with Crippen molar-refractivity contribution >= 4 is 11.8 Å². The Morgan fingerprint density at radius 3 is 2.53 bits per heavy atom. The van der Waals surface area contributed by atoms with Gasteiger partial charge in [-0.15, -0.1) is 0 Å². The Morgan fingerprint density at radius 1 is 1.33 bits per heavy atom. The van der Waals surface area contributed by atoms with Gasteiger partial charge in [-0.2, -0.15) is 11.8 Å². The van der Waals surface area contributed by atoms with Gasteiger partial charge in [0.15, 0.2) is 0 Å². The molecule has 2 nitrogen and oxygen atoms in total. The SMILES string of the molecule is COc1ccc(C(C)NCCSC)cc1. The highest BCUT2D eigenvalue weighted by molar-refractivity contribution is 7.98. The summed E-state index contributed by atoms with van der Waals surface area (Å²) in [5.41, 5.74) is 1.30. The van der Waals surface area contributed by atoms with Gasteiger partial charge in [0.1, 0.15) is 5.75 Å². The smallest absolute Gasteiger partial charge is 0.118 e. The van der Waals surface area contributed by atoms with Crippen LogP contribution in [0.3, 0.4) is 0 Å². The lowest BCUT2D eigenvalue weighted by Crippen LogP contribution is -2.21. The molecule has 1 aromatic rings. The molecule has 1 atom stereocenters. The molecule has 1 rings (SSSR count). The summed E-state index contributed by atoms with van der Waals surface area (Å²) in [6.07, 6.45) is 2.12. The van der Waals surface area contributed by atoms with Crippen LogP contribution in [0.15, 0.2) is 24.3 Å². The first-order chi connectivity index (χ1) is 7.27. The summed E-state index contributed by atoms with van der Waals surface area (Å²) < 4.78 is 5.12. The summed E-state index contributed by atoms with van der Waals surface area (Å²) >= 11 is 1.86. The predicted octanol–water partition coefficient (Wildman–Crippen LogP) is 2.71. The summed E-state index contributed by atoms with van der Waals surface area (Å²) in [5.74, 6) is 2.07. The van der Waals surface area contributed by atoms with E-state index in [1.54, 1.807) is 7.11 Å². The third kappa shape index (κ3) is 4.14. The molecule has 84 valence electrons. The highest BCUT2D eigenvalue weighted by atomic mass is 32.2. The molecule has 1 aromatic carbocycles. The predicted molar refractivity (Wildman–Crippen MR) is 67.8 cm³/mol. The zero-order valence-corrected chi connectivity index (χ0v) is 10.4. The average Bonchev–Trinajstić information content (AvgIpc) is 2.29. The maximum atomic E-state index is 5.12. The number of hydrogen-bond donors (Lipinski definition) is 1. The van der Waals surface area contributed by atoms with Crippen LogP contribution in [0.5, 0.6) is 5.75 Å². The molecule has 0 fully saturated rings. The van der Waals surface area contributed by atoms with Crippen molar-refractivity contribution in [1.29, 1.82) is 0 Å². The molecular formula is C12H19NOS. The third-order valence-electron chi connectivity index (χ3n) is 2.37. The quantitative estimate of drug-likeness (QED) is 0.752. The van der Waals surface area contributed by atoms with E-state index >= 15 is 0 Å². The zero-order chi connectivity index (χ0) is 11.1. The highest BCUT2D eigenvalue weighted by Crippen LogP contribution is 2.16. The molecule has 0 saturated heterocycles. The summed E-state index contributed by atoms with van der Waals surface area (Å²) in [4.78, 5) is 0. The van der Waals surface area contributed by atoms with Gasteiger partial charge in [0.2, 0.25) is 0 Å². The van der Waals surface area contributed by atoms with Crippen LogP contribution in [0.4, 0.5) is 0 Å². The van der Waals surface area contributed by atoms with Crippen LogP contribution in [0.25, 0.3) is 0 Å². The molecule has 3 heteroatoms. The fraction of sp³-hybridized carbons (Fsp3) is 0.500. The first-order valence-corrected chi connectivity index (χ1v) is 6.53. The largest absolute Gasteiger partial charge is 0.497 e. The minimum Gasteiger partial charge on any atom is -0.497 e. The Labute approximate surface area is 96.4 Å². The fourth-order valence-electron chi connectivity index (χ4n) is 1.39. The highest BCUT2D eigenvalue weighted by Gasteiger charge is 2.03. The van der Waals surface area contributed by atoms with Crippen molar-refractivity contribution < 1.29 is 4.74 Å². The molecule has 0 heterocycles. The first kappa shape index (κ1) is 12.4. The molecular weight excluding hydrogens is 206 g/mol. The van der Waals surface area contributed by atoms with Crippen LogP contribution >= 0.6 is 11.8 Å². The fourth-order valence-corrected chi connectivity index (χ4v) is 1.71. The van der Waals surface area contributed by atoms with E-state index in [1.807, 2.05) is 23.9 Å².